The molecule has 0 heterocycles. The minimum absolute atomic E-state index is 0.112. The number of benzene rings is 1. The second-order valence-electron chi connectivity index (χ2n) is 5.35. The van der Waals surface area contributed by atoms with Crippen LogP contribution in [0.4, 0.5) is 0 Å². The fourth-order valence-electron chi connectivity index (χ4n) is 2.35. The van der Waals surface area contributed by atoms with Gasteiger partial charge in [-0.15, -0.1) is 0 Å². The molecule has 2 rings (SSSR count). The Labute approximate surface area is 134 Å². The van der Waals surface area contributed by atoms with E-state index < -0.39 is 6.10 Å². The van der Waals surface area contributed by atoms with E-state index in [1.807, 2.05) is 0 Å². The molecule has 0 bridgehead atoms. The fourth-order valence-corrected chi connectivity index (χ4v) is 2.63. The maximum absolute atomic E-state index is 12.1. The molecule has 6 heteroatoms. The highest BCUT2D eigenvalue weighted by molar-refractivity contribution is 6.42. The maximum Gasteiger partial charge on any atom is 0.260 e. The van der Waals surface area contributed by atoms with Crippen LogP contribution in [0.1, 0.15) is 32.6 Å². The van der Waals surface area contributed by atoms with Crippen molar-refractivity contribution in [2.24, 2.45) is 0 Å². The highest BCUT2D eigenvalue weighted by Crippen LogP contribution is 2.27. The molecule has 116 valence electrons. The number of halogens is 2. The predicted octanol–water partition coefficient (Wildman–Crippen LogP) is 3.18. The number of carbonyl (C=O) groups excluding carboxylic acids is 1. The summed E-state index contributed by atoms with van der Waals surface area (Å²) < 4.78 is 5.57. The third-order valence-electron chi connectivity index (χ3n) is 3.62. The number of carbonyl (C=O) groups is 1. The lowest BCUT2D eigenvalue weighted by molar-refractivity contribution is -0.128. The van der Waals surface area contributed by atoms with Crippen molar-refractivity contribution in [2.75, 3.05) is 0 Å². The Hall–Kier alpha value is -0.970. The van der Waals surface area contributed by atoms with Crippen LogP contribution in [0.15, 0.2) is 18.2 Å². The Kier molecular flexibility index (Phi) is 5.73. The van der Waals surface area contributed by atoms with Gasteiger partial charge in [-0.05, 0) is 44.7 Å². The van der Waals surface area contributed by atoms with E-state index in [-0.39, 0.29) is 18.1 Å². The van der Waals surface area contributed by atoms with Crippen molar-refractivity contribution >= 4 is 29.1 Å². The molecule has 2 N–H and O–H groups in total. The van der Waals surface area contributed by atoms with Gasteiger partial charge in [-0.3, -0.25) is 4.79 Å². The van der Waals surface area contributed by atoms with Crippen molar-refractivity contribution in [3.8, 4) is 5.75 Å². The Morgan fingerprint density at radius 2 is 1.95 bits per heavy atom. The van der Waals surface area contributed by atoms with Crippen LogP contribution in [0.2, 0.25) is 10.0 Å². The van der Waals surface area contributed by atoms with Crippen molar-refractivity contribution in [3.05, 3.63) is 28.2 Å². The van der Waals surface area contributed by atoms with Gasteiger partial charge in [-0.2, -0.15) is 0 Å². The first-order valence-electron chi connectivity index (χ1n) is 7.06. The van der Waals surface area contributed by atoms with Crippen LogP contribution in [0.3, 0.4) is 0 Å². The first-order valence-corrected chi connectivity index (χ1v) is 7.81. The van der Waals surface area contributed by atoms with Crippen molar-refractivity contribution in [2.45, 2.75) is 50.9 Å². The summed E-state index contributed by atoms with van der Waals surface area (Å²) in [4.78, 5) is 12.1. The summed E-state index contributed by atoms with van der Waals surface area (Å²) in [6, 6.07) is 5.01. The molecule has 0 saturated heterocycles. The topological polar surface area (TPSA) is 58.6 Å². The number of nitrogens with one attached hydrogen (secondary N) is 1. The summed E-state index contributed by atoms with van der Waals surface area (Å²) in [5, 5.41) is 13.2. The van der Waals surface area contributed by atoms with E-state index in [9.17, 15) is 9.90 Å². The zero-order valence-corrected chi connectivity index (χ0v) is 13.3. The smallest absolute Gasteiger partial charge is 0.260 e. The second-order valence-corrected chi connectivity index (χ2v) is 6.16. The molecule has 1 atom stereocenters. The van der Waals surface area contributed by atoms with E-state index in [1.165, 1.54) is 0 Å². The molecule has 0 spiro atoms. The second kappa shape index (κ2) is 7.34. The van der Waals surface area contributed by atoms with Gasteiger partial charge in [0.2, 0.25) is 0 Å². The van der Waals surface area contributed by atoms with Crippen molar-refractivity contribution < 1.29 is 14.6 Å². The molecule has 1 fully saturated rings. The van der Waals surface area contributed by atoms with Crippen molar-refractivity contribution in [3.63, 3.8) is 0 Å². The largest absolute Gasteiger partial charge is 0.481 e. The minimum Gasteiger partial charge on any atom is -0.481 e. The molecule has 1 amide bonds. The lowest BCUT2D eigenvalue weighted by Crippen LogP contribution is -2.44. The molecule has 21 heavy (non-hydrogen) atoms. The van der Waals surface area contributed by atoms with Gasteiger partial charge in [0.25, 0.3) is 5.91 Å². The monoisotopic (exact) mass is 331 g/mol. The number of amides is 1. The molecule has 1 aliphatic rings. The lowest BCUT2D eigenvalue weighted by atomic mass is 9.93. The Balaban J connectivity index is 1.86. The molecule has 1 unspecified atom stereocenters. The third-order valence-corrected chi connectivity index (χ3v) is 4.36. The standard InChI is InChI=1S/C15H19Cl2NO3/c1-9(21-12-6-7-13(16)14(17)8-12)15(20)18-10-2-4-11(19)5-3-10/h6-11,19H,2-5H2,1H3,(H,18,20). The summed E-state index contributed by atoms with van der Waals surface area (Å²) in [5.74, 6) is 0.341. The van der Waals surface area contributed by atoms with Gasteiger partial charge in [0.1, 0.15) is 5.75 Å². The van der Waals surface area contributed by atoms with Gasteiger partial charge in [0.15, 0.2) is 6.10 Å². The average molecular weight is 332 g/mol. The van der Waals surface area contributed by atoms with E-state index >= 15 is 0 Å². The van der Waals surface area contributed by atoms with E-state index in [0.29, 0.717) is 15.8 Å². The van der Waals surface area contributed by atoms with Crippen LogP contribution in [0.25, 0.3) is 0 Å². The molecule has 1 saturated carbocycles. The average Bonchev–Trinajstić information content (AvgIpc) is 2.45. The number of rotatable bonds is 4. The van der Waals surface area contributed by atoms with E-state index in [1.54, 1.807) is 25.1 Å². The number of hydrogen-bond acceptors (Lipinski definition) is 3. The minimum atomic E-state index is -0.617. The van der Waals surface area contributed by atoms with Crippen LogP contribution in [0, 0.1) is 0 Å². The first kappa shape index (κ1) is 16.4. The van der Waals surface area contributed by atoms with E-state index in [4.69, 9.17) is 27.9 Å². The molecule has 1 aromatic rings. The molecule has 0 radical (unpaired) electrons. The lowest BCUT2D eigenvalue weighted by Gasteiger charge is -2.27. The zero-order chi connectivity index (χ0) is 15.4. The number of aliphatic hydroxyl groups excluding tert-OH is 1. The normalized spacial score (nSPS) is 23.4. The molecule has 0 aromatic heterocycles. The van der Waals surface area contributed by atoms with Crippen LogP contribution < -0.4 is 10.1 Å². The first-order chi connectivity index (χ1) is 9.95. The van der Waals surface area contributed by atoms with Crippen LogP contribution >= 0.6 is 23.2 Å². The Bertz CT molecular complexity index is 502. The number of ether oxygens (including phenoxy) is 1. The quantitative estimate of drug-likeness (QED) is 0.890. The summed E-state index contributed by atoms with van der Waals surface area (Å²) in [6.45, 7) is 1.69. The number of hydrogen-bond donors (Lipinski definition) is 2. The molecule has 0 aliphatic heterocycles. The summed E-state index contributed by atoms with van der Waals surface area (Å²) in [7, 11) is 0. The molecule has 1 aromatic carbocycles. The Morgan fingerprint density at radius 3 is 2.57 bits per heavy atom. The number of aliphatic hydroxyl groups is 1. The highest BCUT2D eigenvalue weighted by atomic mass is 35.5. The van der Waals surface area contributed by atoms with Crippen LogP contribution in [-0.2, 0) is 4.79 Å². The van der Waals surface area contributed by atoms with Gasteiger partial charge in [0.05, 0.1) is 16.1 Å². The van der Waals surface area contributed by atoms with Crippen LogP contribution in [-0.4, -0.2) is 29.3 Å². The third kappa shape index (κ3) is 4.77. The van der Waals surface area contributed by atoms with Gasteiger partial charge < -0.3 is 15.2 Å². The molecule has 4 nitrogen and oxygen atoms in total. The molecular weight excluding hydrogens is 313 g/mol. The van der Waals surface area contributed by atoms with E-state index in [0.717, 1.165) is 25.7 Å². The predicted molar refractivity (Wildman–Crippen MR) is 83.0 cm³/mol. The van der Waals surface area contributed by atoms with Gasteiger partial charge in [0, 0.05) is 12.1 Å². The molecular formula is C15H19Cl2NO3. The SMILES string of the molecule is CC(Oc1ccc(Cl)c(Cl)c1)C(=O)NC1CCC(O)CC1. The van der Waals surface area contributed by atoms with Crippen molar-refractivity contribution in [1.29, 1.82) is 0 Å². The van der Waals surface area contributed by atoms with Gasteiger partial charge in [-0.1, -0.05) is 23.2 Å². The Morgan fingerprint density at radius 1 is 1.29 bits per heavy atom. The van der Waals surface area contributed by atoms with Gasteiger partial charge in [-0.25, -0.2) is 0 Å². The summed E-state index contributed by atoms with van der Waals surface area (Å²) >= 11 is 11.7. The summed E-state index contributed by atoms with van der Waals surface area (Å²) in [5.41, 5.74) is 0. The maximum atomic E-state index is 12.1. The zero-order valence-electron chi connectivity index (χ0n) is 11.8. The highest BCUT2D eigenvalue weighted by Gasteiger charge is 2.23. The van der Waals surface area contributed by atoms with E-state index in [2.05, 4.69) is 5.32 Å². The molecule has 1 aliphatic carbocycles. The fraction of sp³-hybridized carbons (Fsp3) is 0.533. The van der Waals surface area contributed by atoms with Gasteiger partial charge >= 0.3 is 0 Å². The van der Waals surface area contributed by atoms with Crippen molar-refractivity contribution in [1.82, 2.24) is 5.32 Å². The van der Waals surface area contributed by atoms with Crippen LogP contribution in [0.5, 0.6) is 5.75 Å². The summed E-state index contributed by atoms with van der Waals surface area (Å²) in [6.07, 6.45) is 2.20.